The van der Waals surface area contributed by atoms with E-state index in [9.17, 15) is 4.79 Å². The van der Waals surface area contributed by atoms with Gasteiger partial charge in [0.1, 0.15) is 11.6 Å². The van der Waals surface area contributed by atoms with Crippen molar-refractivity contribution in [2.75, 3.05) is 45.2 Å². The Bertz CT molecular complexity index is 1450. The summed E-state index contributed by atoms with van der Waals surface area (Å²) >= 11 is 0. The Labute approximate surface area is 229 Å². The fourth-order valence-corrected chi connectivity index (χ4v) is 5.61. The van der Waals surface area contributed by atoms with Crippen LogP contribution in [0.4, 0.5) is 5.69 Å². The van der Waals surface area contributed by atoms with Gasteiger partial charge in [0.15, 0.2) is 5.82 Å². The summed E-state index contributed by atoms with van der Waals surface area (Å²) in [6.45, 7) is 5.06. The Hall–Kier alpha value is -4.01. The molecular weight excluding hydrogens is 488 g/mol. The van der Waals surface area contributed by atoms with Crippen molar-refractivity contribution in [3.8, 4) is 22.8 Å². The van der Waals surface area contributed by atoms with Crippen LogP contribution in [0, 0.1) is 0 Å². The number of benzene rings is 3. The molecular formula is C31H34N6O2. The number of methoxy groups -OCH3 is 1. The predicted molar refractivity (Wildman–Crippen MR) is 152 cm³/mol. The number of nitrogens with one attached hydrogen (secondary N) is 1. The third kappa shape index (κ3) is 5.72. The first kappa shape index (κ1) is 25.3. The molecule has 1 fully saturated rings. The summed E-state index contributed by atoms with van der Waals surface area (Å²) < 4.78 is 7.51. The second-order valence-corrected chi connectivity index (χ2v) is 10.3. The van der Waals surface area contributed by atoms with E-state index in [2.05, 4.69) is 66.3 Å². The van der Waals surface area contributed by atoms with Gasteiger partial charge in [-0.05, 0) is 67.4 Å². The Morgan fingerprint density at radius 1 is 0.897 bits per heavy atom. The molecule has 3 heterocycles. The molecule has 1 amide bonds. The summed E-state index contributed by atoms with van der Waals surface area (Å²) in [5.74, 6) is 2.74. The Morgan fingerprint density at radius 3 is 2.62 bits per heavy atom. The van der Waals surface area contributed by atoms with E-state index in [0.717, 1.165) is 86.3 Å². The maximum absolute atomic E-state index is 13.0. The maximum atomic E-state index is 13.0. The van der Waals surface area contributed by atoms with E-state index >= 15 is 0 Å². The Kier molecular flexibility index (Phi) is 7.38. The first-order valence-electron chi connectivity index (χ1n) is 13.7. The number of fused-ring (bicyclic) bond motifs is 3. The molecule has 0 saturated carbocycles. The number of aryl methyl sites for hydroxylation is 2. The van der Waals surface area contributed by atoms with Gasteiger partial charge in [-0.2, -0.15) is 0 Å². The summed E-state index contributed by atoms with van der Waals surface area (Å²) in [6, 6.07) is 24.6. The van der Waals surface area contributed by atoms with Crippen LogP contribution < -0.4 is 10.1 Å². The molecule has 3 aromatic carbocycles. The average Bonchev–Trinajstić information content (AvgIpc) is 3.29. The van der Waals surface area contributed by atoms with Crippen LogP contribution in [-0.4, -0.2) is 70.3 Å². The highest BCUT2D eigenvalue weighted by Crippen LogP contribution is 2.31. The van der Waals surface area contributed by atoms with Gasteiger partial charge in [0, 0.05) is 37.3 Å². The summed E-state index contributed by atoms with van der Waals surface area (Å²) in [7, 11) is 1.70. The minimum Gasteiger partial charge on any atom is -0.497 e. The van der Waals surface area contributed by atoms with E-state index in [0.29, 0.717) is 6.54 Å². The molecule has 0 atom stereocenters. The summed E-state index contributed by atoms with van der Waals surface area (Å²) in [6.07, 6.45) is 2.74. The summed E-state index contributed by atoms with van der Waals surface area (Å²) in [4.78, 5) is 17.7. The molecule has 6 rings (SSSR count). The summed E-state index contributed by atoms with van der Waals surface area (Å²) in [5, 5.41) is 12.1. The molecule has 8 nitrogen and oxygen atoms in total. The van der Waals surface area contributed by atoms with Crippen LogP contribution in [-0.2, 0) is 24.2 Å². The second-order valence-electron chi connectivity index (χ2n) is 10.3. The van der Waals surface area contributed by atoms with Gasteiger partial charge in [-0.25, -0.2) is 0 Å². The van der Waals surface area contributed by atoms with Crippen LogP contribution in [0.5, 0.6) is 5.75 Å². The quantitative estimate of drug-likeness (QED) is 0.392. The predicted octanol–water partition coefficient (Wildman–Crippen LogP) is 4.19. The summed E-state index contributed by atoms with van der Waals surface area (Å²) in [5.41, 5.74) is 5.41. The van der Waals surface area contributed by atoms with Crippen molar-refractivity contribution in [2.45, 2.75) is 25.8 Å². The van der Waals surface area contributed by atoms with E-state index < -0.39 is 0 Å². The van der Waals surface area contributed by atoms with E-state index in [1.54, 1.807) is 7.11 Å². The molecule has 0 bridgehead atoms. The Balaban J connectivity index is 1.07. The minimum atomic E-state index is 0.0296. The zero-order valence-electron chi connectivity index (χ0n) is 22.3. The molecule has 1 aromatic heterocycles. The van der Waals surface area contributed by atoms with Crippen molar-refractivity contribution in [2.24, 2.45) is 0 Å². The van der Waals surface area contributed by atoms with Gasteiger partial charge in [0.25, 0.3) is 0 Å². The molecule has 1 saturated heterocycles. The van der Waals surface area contributed by atoms with E-state index in [1.807, 2.05) is 36.4 Å². The molecule has 39 heavy (non-hydrogen) atoms. The average molecular weight is 523 g/mol. The zero-order chi connectivity index (χ0) is 26.6. The number of anilines is 1. The molecule has 1 N–H and O–H groups in total. The Morgan fingerprint density at radius 2 is 1.74 bits per heavy atom. The molecule has 0 spiro atoms. The lowest BCUT2D eigenvalue weighted by molar-refractivity contribution is -0.117. The fourth-order valence-electron chi connectivity index (χ4n) is 5.61. The molecule has 4 aromatic rings. The van der Waals surface area contributed by atoms with Crippen molar-refractivity contribution in [3.63, 3.8) is 0 Å². The van der Waals surface area contributed by atoms with Gasteiger partial charge >= 0.3 is 0 Å². The van der Waals surface area contributed by atoms with Crippen molar-refractivity contribution in [3.05, 3.63) is 89.7 Å². The lowest BCUT2D eigenvalue weighted by atomic mass is 10.0. The molecule has 2 aliphatic heterocycles. The topological polar surface area (TPSA) is 75.5 Å². The normalized spacial score (nSPS) is 15.7. The second kappa shape index (κ2) is 11.4. The van der Waals surface area contributed by atoms with Gasteiger partial charge in [-0.1, -0.05) is 42.5 Å². The third-order valence-corrected chi connectivity index (χ3v) is 7.57. The number of carbonyl (C=O) groups excluding carboxylic acids is 1. The van der Waals surface area contributed by atoms with Crippen LogP contribution in [0.3, 0.4) is 0 Å². The molecule has 0 aliphatic carbocycles. The van der Waals surface area contributed by atoms with E-state index in [-0.39, 0.29) is 5.91 Å². The lowest BCUT2D eigenvalue weighted by Gasteiger charge is -2.22. The minimum absolute atomic E-state index is 0.0296. The molecule has 0 unspecified atom stereocenters. The highest BCUT2D eigenvalue weighted by Gasteiger charge is 2.23. The van der Waals surface area contributed by atoms with Crippen molar-refractivity contribution < 1.29 is 9.53 Å². The first-order chi connectivity index (χ1) is 19.2. The van der Waals surface area contributed by atoms with Gasteiger partial charge < -0.3 is 10.1 Å². The zero-order valence-corrected chi connectivity index (χ0v) is 22.3. The van der Waals surface area contributed by atoms with Gasteiger partial charge in [-0.15, -0.1) is 10.2 Å². The van der Waals surface area contributed by atoms with Gasteiger partial charge in [-0.3, -0.25) is 19.2 Å². The van der Waals surface area contributed by atoms with Crippen LogP contribution in [0.1, 0.15) is 23.4 Å². The number of rotatable bonds is 7. The van der Waals surface area contributed by atoms with E-state index in [4.69, 9.17) is 4.74 Å². The number of hydrogen-bond acceptors (Lipinski definition) is 6. The number of aromatic nitrogens is 3. The van der Waals surface area contributed by atoms with Crippen molar-refractivity contribution in [1.29, 1.82) is 0 Å². The highest BCUT2D eigenvalue weighted by molar-refractivity contribution is 5.92. The van der Waals surface area contributed by atoms with Crippen molar-refractivity contribution >= 4 is 11.6 Å². The maximum Gasteiger partial charge on any atom is 0.238 e. The molecule has 8 heteroatoms. The number of carbonyl (C=O) groups is 1. The van der Waals surface area contributed by atoms with Crippen molar-refractivity contribution in [1.82, 2.24) is 24.6 Å². The molecule has 0 radical (unpaired) electrons. The standard InChI is InChI=1S/C31H34N6O2/c1-39-27-10-5-7-23(19-27)21-35-15-6-16-36(18-17-35)22-30(38)32-26-12-13-28-25(20-26)11-14-29-33-34-31(37(28)29)24-8-3-2-4-9-24/h2-5,7-10,12-13,19-20H,6,11,14-18,21-22H2,1H3,(H,32,38). The van der Waals surface area contributed by atoms with Crippen LogP contribution in [0.25, 0.3) is 17.1 Å². The number of amides is 1. The monoisotopic (exact) mass is 522 g/mol. The fraction of sp³-hybridized carbons (Fsp3) is 0.323. The van der Waals surface area contributed by atoms with Crippen LogP contribution in [0.2, 0.25) is 0 Å². The highest BCUT2D eigenvalue weighted by atomic mass is 16.5. The van der Waals surface area contributed by atoms with Gasteiger partial charge in [0.05, 0.1) is 19.3 Å². The number of ether oxygens (including phenoxy) is 1. The molecule has 2 aliphatic rings. The van der Waals surface area contributed by atoms with E-state index in [1.165, 1.54) is 11.1 Å². The van der Waals surface area contributed by atoms with Crippen LogP contribution >= 0.6 is 0 Å². The smallest absolute Gasteiger partial charge is 0.238 e. The SMILES string of the molecule is COc1cccc(CN2CCCN(CC(=O)Nc3ccc4c(c3)CCc3nnc(-c5ccccc5)n3-4)CC2)c1. The number of nitrogens with zero attached hydrogens (tertiary/aromatic N) is 5. The third-order valence-electron chi connectivity index (χ3n) is 7.57. The largest absolute Gasteiger partial charge is 0.497 e. The van der Waals surface area contributed by atoms with Crippen LogP contribution in [0.15, 0.2) is 72.8 Å². The van der Waals surface area contributed by atoms with Gasteiger partial charge in [0.2, 0.25) is 5.91 Å². The first-order valence-corrected chi connectivity index (χ1v) is 13.7. The number of hydrogen-bond donors (Lipinski definition) is 1. The lowest BCUT2D eigenvalue weighted by Crippen LogP contribution is -2.36. The molecule has 200 valence electrons.